The number of rotatable bonds is 4. The molecule has 0 bridgehead atoms. The number of hydrogen-bond acceptors (Lipinski definition) is 3. The van der Waals surface area contributed by atoms with Crippen LogP contribution < -0.4 is 5.32 Å². The number of carbonyl (C=O) groups excluding carboxylic acids is 2. The molecule has 0 aliphatic rings. The molecular formula is C16H13Cl2NO3. The van der Waals surface area contributed by atoms with Gasteiger partial charge in [0.05, 0.1) is 29.8 Å². The van der Waals surface area contributed by atoms with Gasteiger partial charge in [-0.05, 0) is 35.9 Å². The molecule has 0 radical (unpaired) electrons. The molecule has 2 rings (SSSR count). The van der Waals surface area contributed by atoms with Gasteiger partial charge in [0.2, 0.25) is 5.91 Å². The van der Waals surface area contributed by atoms with Gasteiger partial charge in [-0.1, -0.05) is 35.3 Å². The maximum absolute atomic E-state index is 12.1. The van der Waals surface area contributed by atoms with Gasteiger partial charge >= 0.3 is 5.97 Å². The van der Waals surface area contributed by atoms with Crippen LogP contribution in [-0.2, 0) is 16.0 Å². The predicted molar refractivity (Wildman–Crippen MR) is 86.6 cm³/mol. The molecule has 6 heteroatoms. The largest absolute Gasteiger partial charge is 0.465 e. The van der Waals surface area contributed by atoms with Gasteiger partial charge in [-0.25, -0.2) is 4.79 Å². The third-order valence-electron chi connectivity index (χ3n) is 2.94. The van der Waals surface area contributed by atoms with Crippen molar-refractivity contribution < 1.29 is 14.3 Å². The third kappa shape index (κ3) is 4.23. The minimum absolute atomic E-state index is 0.177. The number of halogens is 2. The van der Waals surface area contributed by atoms with Crippen LogP contribution in [0.15, 0.2) is 42.5 Å². The van der Waals surface area contributed by atoms with E-state index in [2.05, 4.69) is 10.1 Å². The van der Waals surface area contributed by atoms with E-state index in [-0.39, 0.29) is 12.3 Å². The first-order valence-electron chi connectivity index (χ1n) is 6.42. The van der Waals surface area contributed by atoms with Crippen molar-refractivity contribution in [2.75, 3.05) is 12.4 Å². The van der Waals surface area contributed by atoms with Crippen molar-refractivity contribution in [2.24, 2.45) is 0 Å². The van der Waals surface area contributed by atoms with E-state index < -0.39 is 5.97 Å². The lowest BCUT2D eigenvalue weighted by molar-refractivity contribution is -0.115. The summed E-state index contributed by atoms with van der Waals surface area (Å²) in [6.07, 6.45) is 0.177. The number of carbonyl (C=O) groups is 2. The second kappa shape index (κ2) is 7.29. The van der Waals surface area contributed by atoms with Crippen molar-refractivity contribution in [2.45, 2.75) is 6.42 Å². The van der Waals surface area contributed by atoms with Crippen LogP contribution in [0, 0.1) is 0 Å². The van der Waals surface area contributed by atoms with E-state index in [1.165, 1.54) is 25.3 Å². The zero-order chi connectivity index (χ0) is 16.1. The summed E-state index contributed by atoms with van der Waals surface area (Å²) in [5, 5.41) is 3.63. The quantitative estimate of drug-likeness (QED) is 0.859. The summed E-state index contributed by atoms with van der Waals surface area (Å²) in [5.41, 5.74) is 1.50. The lowest BCUT2D eigenvalue weighted by Gasteiger charge is -2.09. The smallest absolute Gasteiger partial charge is 0.337 e. The minimum Gasteiger partial charge on any atom is -0.465 e. The number of benzene rings is 2. The zero-order valence-electron chi connectivity index (χ0n) is 11.7. The maximum Gasteiger partial charge on any atom is 0.337 e. The van der Waals surface area contributed by atoms with Crippen LogP contribution in [0.25, 0.3) is 0 Å². The highest BCUT2D eigenvalue weighted by atomic mass is 35.5. The van der Waals surface area contributed by atoms with E-state index in [0.29, 0.717) is 21.3 Å². The highest BCUT2D eigenvalue weighted by Crippen LogP contribution is 2.23. The van der Waals surface area contributed by atoms with Crippen LogP contribution in [0.2, 0.25) is 10.0 Å². The van der Waals surface area contributed by atoms with Crippen LogP contribution >= 0.6 is 23.2 Å². The molecule has 2 aromatic rings. The topological polar surface area (TPSA) is 55.4 Å². The van der Waals surface area contributed by atoms with Crippen molar-refractivity contribution in [3.05, 3.63) is 63.6 Å². The zero-order valence-corrected chi connectivity index (χ0v) is 13.2. The van der Waals surface area contributed by atoms with Gasteiger partial charge in [0, 0.05) is 5.02 Å². The number of hydrogen-bond donors (Lipinski definition) is 1. The number of methoxy groups -OCH3 is 1. The minimum atomic E-state index is -0.495. The molecule has 4 nitrogen and oxygen atoms in total. The molecule has 0 fully saturated rings. The Morgan fingerprint density at radius 2 is 1.77 bits per heavy atom. The summed E-state index contributed by atoms with van der Waals surface area (Å²) < 4.78 is 4.64. The van der Waals surface area contributed by atoms with Gasteiger partial charge in [-0.3, -0.25) is 4.79 Å². The Hall–Kier alpha value is -2.04. The molecule has 0 spiro atoms. The number of esters is 1. The first kappa shape index (κ1) is 16.3. The van der Waals surface area contributed by atoms with E-state index in [0.717, 1.165) is 5.56 Å². The number of amides is 1. The Balaban J connectivity index is 2.10. The third-order valence-corrected chi connectivity index (χ3v) is 3.52. The fourth-order valence-corrected chi connectivity index (χ4v) is 2.14. The lowest BCUT2D eigenvalue weighted by atomic mass is 10.1. The standard InChI is InChI=1S/C16H13Cl2NO3/c1-22-16(21)11-4-7-13(18)14(9-11)19-15(20)8-10-2-5-12(17)6-3-10/h2-7,9H,8H2,1H3,(H,19,20). The first-order valence-corrected chi connectivity index (χ1v) is 7.17. The summed E-state index contributed by atoms with van der Waals surface area (Å²) >= 11 is 11.8. The average molecular weight is 338 g/mol. The summed E-state index contributed by atoms with van der Waals surface area (Å²) in [6, 6.07) is 11.5. The van der Waals surface area contributed by atoms with Crippen LogP contribution in [0.3, 0.4) is 0 Å². The molecule has 0 saturated heterocycles. The fraction of sp³-hybridized carbons (Fsp3) is 0.125. The second-order valence-corrected chi connectivity index (χ2v) is 5.38. The van der Waals surface area contributed by atoms with Gasteiger partial charge in [0.25, 0.3) is 0 Å². The summed E-state index contributed by atoms with van der Waals surface area (Å²) in [7, 11) is 1.29. The van der Waals surface area contributed by atoms with Crippen LogP contribution in [0.5, 0.6) is 0 Å². The Bertz CT molecular complexity index is 699. The maximum atomic E-state index is 12.1. The Labute approximate surface area is 138 Å². The highest BCUT2D eigenvalue weighted by Gasteiger charge is 2.11. The highest BCUT2D eigenvalue weighted by molar-refractivity contribution is 6.34. The Morgan fingerprint density at radius 3 is 2.41 bits per heavy atom. The van der Waals surface area contributed by atoms with Crippen molar-refractivity contribution in [3.8, 4) is 0 Å². The molecule has 114 valence electrons. The SMILES string of the molecule is COC(=O)c1ccc(Cl)c(NC(=O)Cc2ccc(Cl)cc2)c1. The molecule has 0 aliphatic carbocycles. The lowest BCUT2D eigenvalue weighted by Crippen LogP contribution is -2.15. The van der Waals surface area contributed by atoms with E-state index in [1.807, 2.05) is 0 Å². The second-order valence-electron chi connectivity index (χ2n) is 4.54. The van der Waals surface area contributed by atoms with Gasteiger partial charge in [0.15, 0.2) is 0 Å². The molecule has 1 N–H and O–H groups in total. The van der Waals surface area contributed by atoms with Crippen molar-refractivity contribution in [1.29, 1.82) is 0 Å². The normalized spacial score (nSPS) is 10.1. The van der Waals surface area contributed by atoms with E-state index in [4.69, 9.17) is 23.2 Å². The number of nitrogens with one attached hydrogen (secondary N) is 1. The Morgan fingerprint density at radius 1 is 1.09 bits per heavy atom. The molecule has 0 heterocycles. The molecular weight excluding hydrogens is 325 g/mol. The number of ether oxygens (including phenoxy) is 1. The molecule has 1 amide bonds. The summed E-state index contributed by atoms with van der Waals surface area (Å²) in [5.74, 6) is -0.740. The molecule has 0 saturated carbocycles. The average Bonchev–Trinajstić information content (AvgIpc) is 2.51. The Kier molecular flexibility index (Phi) is 5.41. The molecule has 0 unspecified atom stereocenters. The van der Waals surface area contributed by atoms with Gasteiger partial charge < -0.3 is 10.1 Å². The van der Waals surface area contributed by atoms with E-state index >= 15 is 0 Å². The monoisotopic (exact) mass is 337 g/mol. The van der Waals surface area contributed by atoms with E-state index in [9.17, 15) is 9.59 Å². The number of anilines is 1. The van der Waals surface area contributed by atoms with Crippen LogP contribution in [0.1, 0.15) is 15.9 Å². The van der Waals surface area contributed by atoms with Crippen LogP contribution in [-0.4, -0.2) is 19.0 Å². The summed E-state index contributed by atoms with van der Waals surface area (Å²) in [4.78, 5) is 23.5. The molecule has 0 atom stereocenters. The fourth-order valence-electron chi connectivity index (χ4n) is 1.85. The molecule has 0 aliphatic heterocycles. The van der Waals surface area contributed by atoms with E-state index in [1.54, 1.807) is 24.3 Å². The van der Waals surface area contributed by atoms with Crippen molar-refractivity contribution >= 4 is 40.8 Å². The molecule has 2 aromatic carbocycles. The van der Waals surface area contributed by atoms with Crippen molar-refractivity contribution in [3.63, 3.8) is 0 Å². The first-order chi connectivity index (χ1) is 10.5. The van der Waals surface area contributed by atoms with Gasteiger partial charge in [-0.15, -0.1) is 0 Å². The van der Waals surface area contributed by atoms with Gasteiger partial charge in [0.1, 0.15) is 0 Å². The summed E-state index contributed by atoms with van der Waals surface area (Å²) in [6.45, 7) is 0. The van der Waals surface area contributed by atoms with Crippen LogP contribution in [0.4, 0.5) is 5.69 Å². The predicted octanol–water partition coefficient (Wildman–Crippen LogP) is 3.96. The molecule has 22 heavy (non-hydrogen) atoms. The molecule has 0 aromatic heterocycles. The van der Waals surface area contributed by atoms with Crippen molar-refractivity contribution in [1.82, 2.24) is 0 Å². The van der Waals surface area contributed by atoms with Gasteiger partial charge in [-0.2, -0.15) is 0 Å².